The molecular weight excluding hydrogens is 336 g/mol. The van der Waals surface area contributed by atoms with E-state index in [1.807, 2.05) is 12.1 Å². The topological polar surface area (TPSA) is 60.5 Å². The molecule has 0 radical (unpaired) electrons. The minimum atomic E-state index is -0.0891. The maximum absolute atomic E-state index is 11.7. The van der Waals surface area contributed by atoms with E-state index in [2.05, 4.69) is 4.90 Å². The molecule has 7 nitrogen and oxygen atoms in total. The molecule has 1 amide bonds. The van der Waals surface area contributed by atoms with Gasteiger partial charge in [-0.15, -0.1) is 0 Å². The molecule has 0 aliphatic carbocycles. The van der Waals surface area contributed by atoms with Gasteiger partial charge in [-0.2, -0.15) is 0 Å². The van der Waals surface area contributed by atoms with Crippen LogP contribution in [0.15, 0.2) is 18.2 Å². The van der Waals surface area contributed by atoms with Crippen LogP contribution in [0.3, 0.4) is 0 Å². The molecule has 2 rings (SSSR count). The number of morpholine rings is 1. The number of carbonyl (C=O) groups is 1. The number of likely N-dealkylation sites (N-methyl/N-ethyl adjacent to an activating group) is 1. The normalized spacial score (nSPS) is 15.1. The van der Waals surface area contributed by atoms with Crippen LogP contribution in [0.1, 0.15) is 5.56 Å². The van der Waals surface area contributed by atoms with E-state index in [-0.39, 0.29) is 5.91 Å². The van der Waals surface area contributed by atoms with E-state index >= 15 is 0 Å². The second-order valence-corrected chi connectivity index (χ2v) is 6.12. The van der Waals surface area contributed by atoms with Gasteiger partial charge in [0.1, 0.15) is 6.61 Å². The van der Waals surface area contributed by atoms with Gasteiger partial charge in [0.2, 0.25) is 11.7 Å². The summed E-state index contributed by atoms with van der Waals surface area (Å²) in [7, 11) is 6.59. The van der Waals surface area contributed by atoms with Gasteiger partial charge in [0.25, 0.3) is 0 Å². The third kappa shape index (κ3) is 5.64. The molecule has 0 bridgehead atoms. The van der Waals surface area contributed by atoms with Crippen molar-refractivity contribution in [3.63, 3.8) is 0 Å². The summed E-state index contributed by atoms with van der Waals surface area (Å²) >= 11 is 0. The maximum atomic E-state index is 11.7. The molecular formula is C19H28N2O5. The number of carbonyl (C=O) groups excluding carboxylic acids is 1. The lowest BCUT2D eigenvalue weighted by atomic mass is 10.1. The number of ether oxygens (including phenoxy) is 4. The number of rotatable bonds is 8. The van der Waals surface area contributed by atoms with Crippen molar-refractivity contribution in [2.45, 2.75) is 0 Å². The van der Waals surface area contributed by atoms with Crippen LogP contribution in [0.4, 0.5) is 0 Å². The quantitative estimate of drug-likeness (QED) is 0.652. The van der Waals surface area contributed by atoms with E-state index in [4.69, 9.17) is 18.9 Å². The monoisotopic (exact) mass is 364 g/mol. The molecule has 0 saturated carbocycles. The first-order chi connectivity index (χ1) is 12.5. The van der Waals surface area contributed by atoms with Gasteiger partial charge in [-0.1, -0.05) is 0 Å². The second-order valence-electron chi connectivity index (χ2n) is 6.12. The molecule has 1 saturated heterocycles. The first kappa shape index (κ1) is 20.1. The average Bonchev–Trinajstić information content (AvgIpc) is 2.66. The summed E-state index contributed by atoms with van der Waals surface area (Å²) < 4.78 is 22.2. The highest BCUT2D eigenvalue weighted by Gasteiger charge is 2.15. The molecule has 26 heavy (non-hydrogen) atoms. The molecule has 1 heterocycles. The fourth-order valence-corrected chi connectivity index (χ4v) is 2.56. The molecule has 1 fully saturated rings. The average molecular weight is 364 g/mol. The van der Waals surface area contributed by atoms with Gasteiger partial charge in [-0.3, -0.25) is 9.69 Å². The van der Waals surface area contributed by atoms with Gasteiger partial charge in [0.05, 0.1) is 27.4 Å². The Kier molecular flexibility index (Phi) is 7.74. The highest BCUT2D eigenvalue weighted by molar-refractivity contribution is 5.91. The van der Waals surface area contributed by atoms with Gasteiger partial charge >= 0.3 is 0 Å². The van der Waals surface area contributed by atoms with Crippen molar-refractivity contribution in [1.82, 2.24) is 9.80 Å². The number of amides is 1. The van der Waals surface area contributed by atoms with Gasteiger partial charge in [0, 0.05) is 39.8 Å². The maximum Gasteiger partial charge on any atom is 0.246 e. The smallest absolute Gasteiger partial charge is 0.246 e. The minimum absolute atomic E-state index is 0.0891. The largest absolute Gasteiger partial charge is 0.493 e. The Morgan fingerprint density at radius 2 is 1.81 bits per heavy atom. The van der Waals surface area contributed by atoms with Gasteiger partial charge in [-0.25, -0.2) is 0 Å². The summed E-state index contributed by atoms with van der Waals surface area (Å²) in [4.78, 5) is 15.5. The van der Waals surface area contributed by atoms with Crippen molar-refractivity contribution in [3.8, 4) is 17.2 Å². The Morgan fingerprint density at radius 1 is 1.19 bits per heavy atom. The standard InChI is InChI=1S/C19H28N2O5/c1-20(2)18(22)6-5-15-13-16(23-3)19(17(14-15)24-4)26-12-9-21-7-10-25-11-8-21/h5-6,13-14H,7-12H2,1-4H3. The van der Waals surface area contributed by atoms with Crippen LogP contribution in [0, 0.1) is 0 Å². The second kappa shape index (κ2) is 10.0. The van der Waals surface area contributed by atoms with Crippen molar-refractivity contribution in [1.29, 1.82) is 0 Å². The fraction of sp³-hybridized carbons (Fsp3) is 0.526. The molecule has 0 unspecified atom stereocenters. The zero-order valence-electron chi connectivity index (χ0n) is 16.0. The molecule has 0 spiro atoms. The van der Waals surface area contributed by atoms with E-state index < -0.39 is 0 Å². The number of hydrogen-bond acceptors (Lipinski definition) is 6. The summed E-state index contributed by atoms with van der Waals surface area (Å²) in [6.07, 6.45) is 3.23. The van der Waals surface area contributed by atoms with Gasteiger partial charge < -0.3 is 23.8 Å². The Morgan fingerprint density at radius 3 is 2.35 bits per heavy atom. The lowest BCUT2D eigenvalue weighted by Crippen LogP contribution is -2.38. The van der Waals surface area contributed by atoms with E-state index in [0.29, 0.717) is 23.9 Å². The molecule has 7 heteroatoms. The van der Waals surface area contributed by atoms with Crippen LogP contribution in [-0.2, 0) is 9.53 Å². The molecule has 0 N–H and O–H groups in total. The third-order valence-corrected chi connectivity index (χ3v) is 4.10. The van der Waals surface area contributed by atoms with Gasteiger partial charge in [-0.05, 0) is 23.8 Å². The summed E-state index contributed by atoms with van der Waals surface area (Å²) in [5.74, 6) is 1.62. The summed E-state index contributed by atoms with van der Waals surface area (Å²) in [5, 5.41) is 0. The van der Waals surface area contributed by atoms with E-state index in [1.165, 1.54) is 11.0 Å². The molecule has 1 aromatic rings. The third-order valence-electron chi connectivity index (χ3n) is 4.10. The summed E-state index contributed by atoms with van der Waals surface area (Å²) in [5.41, 5.74) is 0.800. The predicted octanol–water partition coefficient (Wildman–Crippen LogP) is 1.52. The highest BCUT2D eigenvalue weighted by atomic mass is 16.5. The molecule has 1 aliphatic heterocycles. The Hall–Kier alpha value is -2.25. The highest BCUT2D eigenvalue weighted by Crippen LogP contribution is 2.38. The van der Waals surface area contributed by atoms with Crippen LogP contribution in [0.2, 0.25) is 0 Å². The molecule has 1 aromatic carbocycles. The van der Waals surface area contributed by atoms with Crippen molar-refractivity contribution < 1.29 is 23.7 Å². The van der Waals surface area contributed by atoms with Crippen LogP contribution >= 0.6 is 0 Å². The molecule has 0 atom stereocenters. The zero-order chi connectivity index (χ0) is 18.9. The van der Waals surface area contributed by atoms with Crippen molar-refractivity contribution in [2.24, 2.45) is 0 Å². The van der Waals surface area contributed by atoms with Gasteiger partial charge in [0.15, 0.2) is 11.5 Å². The Bertz CT molecular complexity index is 599. The lowest BCUT2D eigenvalue weighted by Gasteiger charge is -2.26. The molecule has 1 aliphatic rings. The van der Waals surface area contributed by atoms with E-state index in [0.717, 1.165) is 38.4 Å². The predicted molar refractivity (Wildman–Crippen MR) is 100 cm³/mol. The van der Waals surface area contributed by atoms with Crippen LogP contribution in [-0.4, -0.2) is 83.5 Å². The number of benzene rings is 1. The van der Waals surface area contributed by atoms with Crippen molar-refractivity contribution in [2.75, 3.05) is 67.8 Å². The van der Waals surface area contributed by atoms with Crippen molar-refractivity contribution >= 4 is 12.0 Å². The zero-order valence-corrected chi connectivity index (χ0v) is 16.0. The van der Waals surface area contributed by atoms with E-state index in [1.54, 1.807) is 34.4 Å². The number of nitrogens with zero attached hydrogens (tertiary/aromatic N) is 2. The van der Waals surface area contributed by atoms with E-state index in [9.17, 15) is 4.79 Å². The molecule has 0 aromatic heterocycles. The van der Waals surface area contributed by atoms with Crippen molar-refractivity contribution in [3.05, 3.63) is 23.8 Å². The number of methoxy groups -OCH3 is 2. The number of hydrogen-bond donors (Lipinski definition) is 0. The Balaban J connectivity index is 2.08. The summed E-state index contributed by atoms with van der Waals surface area (Å²) in [6, 6.07) is 3.65. The molecule has 144 valence electrons. The fourth-order valence-electron chi connectivity index (χ4n) is 2.56. The SMILES string of the molecule is COc1cc(C=CC(=O)N(C)C)cc(OC)c1OCCN1CCOCC1. The summed E-state index contributed by atoms with van der Waals surface area (Å²) in [6.45, 7) is 4.71. The Labute approximate surface area is 155 Å². The first-order valence-corrected chi connectivity index (χ1v) is 8.63. The van der Waals surface area contributed by atoms with Crippen LogP contribution in [0.5, 0.6) is 17.2 Å². The lowest BCUT2D eigenvalue weighted by molar-refractivity contribution is -0.123. The minimum Gasteiger partial charge on any atom is -0.493 e. The van der Waals surface area contributed by atoms with Crippen LogP contribution < -0.4 is 14.2 Å². The van der Waals surface area contributed by atoms with Crippen LogP contribution in [0.25, 0.3) is 6.08 Å². The first-order valence-electron chi connectivity index (χ1n) is 8.63.